The van der Waals surface area contributed by atoms with Gasteiger partial charge in [-0.25, -0.2) is 0 Å². The number of hydrogen-bond donors (Lipinski definition) is 0. The van der Waals surface area contributed by atoms with E-state index >= 15 is 0 Å². The van der Waals surface area contributed by atoms with Crippen LogP contribution in [0.15, 0.2) is 261 Å². The molecule has 2 aliphatic heterocycles. The lowest BCUT2D eigenvalue weighted by molar-refractivity contribution is 1.25. The fraction of sp³-hybridized carbons (Fsp3) is 0.0294. The van der Waals surface area contributed by atoms with E-state index in [-0.39, 0.29) is 6.71 Å². The molecule has 11 aromatic rings. The Bertz CT molecular complexity index is 3440. The van der Waals surface area contributed by atoms with Gasteiger partial charge in [0.2, 0.25) is 0 Å². The number of benzene rings is 11. The lowest BCUT2D eigenvalue weighted by atomic mass is 9.33. The Morgan fingerprint density at radius 3 is 0.859 bits per heavy atom. The van der Waals surface area contributed by atoms with E-state index in [0.29, 0.717) is 0 Å². The summed E-state index contributed by atoms with van der Waals surface area (Å²) >= 11 is 0. The second kappa shape index (κ2) is 17.6. The first kappa shape index (κ1) is 42.2. The van der Waals surface area contributed by atoms with Gasteiger partial charge in [0, 0.05) is 34.1 Å². The van der Waals surface area contributed by atoms with Crippen molar-refractivity contribution in [3.63, 3.8) is 0 Å². The van der Waals surface area contributed by atoms with Crippen LogP contribution in [0.3, 0.4) is 0 Å². The largest absolute Gasteiger partial charge is 0.311 e. The van der Waals surface area contributed by atoms with Crippen LogP contribution in [0.1, 0.15) is 11.1 Å². The number of anilines is 6. The Hall–Kier alpha value is -8.92. The summed E-state index contributed by atoms with van der Waals surface area (Å²) in [5.74, 6) is 0. The second-order valence-corrected chi connectivity index (χ2v) is 19.1. The van der Waals surface area contributed by atoms with Crippen LogP contribution in [-0.4, -0.2) is 6.71 Å². The van der Waals surface area contributed by atoms with Crippen LogP contribution in [0.2, 0.25) is 0 Å². The standard InChI is InChI=1S/C68H49BN2/c1-46-28-34-64-62(36-46)69-63-37-47(2)29-35-65(63)71(61-42-57(51-24-14-6-15-25-51)39-58(43-61)52-26-16-7-17-27-52)67-45-59(54-32-30-53(31-33-54)48-18-8-3-9-19-48)44-66(68(67)69)70(64)60-40-55(49-20-10-4-11-21-49)38-56(41-60)50-22-12-5-13-23-50/h3-45H,1-2H3. The third-order valence-electron chi connectivity index (χ3n) is 14.5. The zero-order valence-electron chi connectivity index (χ0n) is 39.8. The zero-order chi connectivity index (χ0) is 47.4. The van der Waals surface area contributed by atoms with Gasteiger partial charge in [0.1, 0.15) is 0 Å². The average Bonchev–Trinajstić information content (AvgIpc) is 3.44. The molecule has 0 bridgehead atoms. The highest BCUT2D eigenvalue weighted by molar-refractivity contribution is 7.00. The monoisotopic (exact) mass is 904 g/mol. The normalized spacial score (nSPS) is 12.3. The van der Waals surface area contributed by atoms with Crippen molar-refractivity contribution in [1.29, 1.82) is 0 Å². The molecule has 3 heteroatoms. The number of aryl methyl sites for hydroxylation is 2. The average molecular weight is 905 g/mol. The molecule has 0 aromatic heterocycles. The third kappa shape index (κ3) is 7.64. The molecule has 0 radical (unpaired) electrons. The highest BCUT2D eigenvalue weighted by atomic mass is 15.2. The zero-order valence-corrected chi connectivity index (χ0v) is 39.8. The van der Waals surface area contributed by atoms with Crippen LogP contribution in [0, 0.1) is 13.8 Å². The summed E-state index contributed by atoms with van der Waals surface area (Å²) < 4.78 is 0. The SMILES string of the molecule is Cc1ccc2c(c1)B1c3cc(C)ccc3N(c3cc(-c4ccccc4)cc(-c4ccccc4)c3)c3cc(-c4ccc(-c5ccccc5)cc4)cc(c31)N2c1cc(-c2ccccc2)cc(-c2ccccc2)c1. The fourth-order valence-corrected chi connectivity index (χ4v) is 11.1. The lowest BCUT2D eigenvalue weighted by Crippen LogP contribution is -2.61. The maximum absolute atomic E-state index is 2.57. The molecule has 0 N–H and O–H groups in total. The van der Waals surface area contributed by atoms with E-state index < -0.39 is 0 Å². The predicted octanol–water partition coefficient (Wildman–Crippen LogP) is 16.4. The molecule has 0 unspecified atom stereocenters. The molecular weight excluding hydrogens is 856 g/mol. The van der Waals surface area contributed by atoms with Crippen LogP contribution in [0.5, 0.6) is 0 Å². The van der Waals surface area contributed by atoms with Gasteiger partial charge in [-0.05, 0) is 158 Å². The van der Waals surface area contributed by atoms with Crippen molar-refractivity contribution in [2.45, 2.75) is 13.8 Å². The van der Waals surface area contributed by atoms with Gasteiger partial charge in [-0.3, -0.25) is 0 Å². The summed E-state index contributed by atoms with van der Waals surface area (Å²) in [6.07, 6.45) is 0. The van der Waals surface area contributed by atoms with Gasteiger partial charge >= 0.3 is 0 Å². The van der Waals surface area contributed by atoms with Crippen molar-refractivity contribution in [2.75, 3.05) is 9.80 Å². The summed E-state index contributed by atoms with van der Waals surface area (Å²) in [7, 11) is 0. The minimum absolute atomic E-state index is 0.0244. The third-order valence-corrected chi connectivity index (χ3v) is 14.5. The van der Waals surface area contributed by atoms with Gasteiger partial charge in [0.15, 0.2) is 0 Å². The molecule has 11 aromatic carbocycles. The first-order valence-electron chi connectivity index (χ1n) is 24.7. The van der Waals surface area contributed by atoms with Crippen molar-refractivity contribution < 1.29 is 0 Å². The van der Waals surface area contributed by atoms with E-state index in [1.807, 2.05) is 0 Å². The van der Waals surface area contributed by atoms with Crippen LogP contribution in [-0.2, 0) is 0 Å². The van der Waals surface area contributed by atoms with Gasteiger partial charge in [0.05, 0.1) is 0 Å². The molecule has 0 spiro atoms. The smallest absolute Gasteiger partial charge is 0.252 e. The molecule has 334 valence electrons. The minimum Gasteiger partial charge on any atom is -0.311 e. The number of fused-ring (bicyclic) bond motifs is 4. The van der Waals surface area contributed by atoms with Crippen molar-refractivity contribution in [1.82, 2.24) is 0 Å². The van der Waals surface area contributed by atoms with E-state index in [2.05, 4.69) is 285 Å². The maximum atomic E-state index is 2.57. The summed E-state index contributed by atoms with van der Waals surface area (Å²) in [5, 5.41) is 0. The van der Waals surface area contributed by atoms with Crippen LogP contribution < -0.4 is 26.2 Å². The maximum Gasteiger partial charge on any atom is 0.252 e. The molecular formula is C68H49BN2. The lowest BCUT2D eigenvalue weighted by Gasteiger charge is -2.45. The topological polar surface area (TPSA) is 6.48 Å². The van der Waals surface area contributed by atoms with Crippen LogP contribution in [0.25, 0.3) is 66.8 Å². The molecule has 0 atom stereocenters. The molecule has 0 fully saturated rings. The summed E-state index contributed by atoms with van der Waals surface area (Å²) in [6.45, 7) is 4.45. The Balaban J connectivity index is 1.12. The first-order valence-corrected chi connectivity index (χ1v) is 24.7. The quantitative estimate of drug-likeness (QED) is 0.140. The van der Waals surface area contributed by atoms with Crippen molar-refractivity contribution in [2.24, 2.45) is 0 Å². The van der Waals surface area contributed by atoms with E-state index in [1.54, 1.807) is 0 Å². The van der Waals surface area contributed by atoms with Crippen molar-refractivity contribution in [3.05, 3.63) is 272 Å². The molecule has 0 aliphatic carbocycles. The van der Waals surface area contributed by atoms with Crippen LogP contribution in [0.4, 0.5) is 34.1 Å². The Labute approximate surface area is 417 Å². The van der Waals surface area contributed by atoms with Crippen molar-refractivity contribution in [3.8, 4) is 66.8 Å². The second-order valence-electron chi connectivity index (χ2n) is 19.1. The Kier molecular flexibility index (Phi) is 10.4. The highest BCUT2D eigenvalue weighted by Crippen LogP contribution is 2.48. The fourth-order valence-electron chi connectivity index (χ4n) is 11.1. The molecule has 0 saturated heterocycles. The van der Waals surface area contributed by atoms with Crippen LogP contribution >= 0.6 is 0 Å². The van der Waals surface area contributed by atoms with Gasteiger partial charge in [-0.2, -0.15) is 0 Å². The van der Waals surface area contributed by atoms with E-state index in [9.17, 15) is 0 Å². The number of hydrogen-bond acceptors (Lipinski definition) is 2. The molecule has 0 saturated carbocycles. The number of nitrogens with zero attached hydrogens (tertiary/aromatic N) is 2. The van der Waals surface area contributed by atoms with E-state index in [0.717, 1.165) is 22.5 Å². The number of rotatable bonds is 8. The molecule has 2 nitrogen and oxygen atoms in total. The molecule has 13 rings (SSSR count). The highest BCUT2D eigenvalue weighted by Gasteiger charge is 2.44. The molecule has 2 aliphatic rings. The van der Waals surface area contributed by atoms with Gasteiger partial charge in [0.25, 0.3) is 6.71 Å². The predicted molar refractivity (Wildman–Crippen MR) is 303 cm³/mol. The molecule has 0 amide bonds. The minimum atomic E-state index is -0.0244. The van der Waals surface area contributed by atoms with E-state index in [1.165, 1.54) is 106 Å². The first-order chi connectivity index (χ1) is 35.0. The summed E-state index contributed by atoms with van der Waals surface area (Å²) in [4.78, 5) is 5.14. The molecule has 2 heterocycles. The Morgan fingerprint density at radius 2 is 0.521 bits per heavy atom. The van der Waals surface area contributed by atoms with Crippen molar-refractivity contribution >= 4 is 57.2 Å². The summed E-state index contributed by atoms with van der Waals surface area (Å²) in [5.41, 5.74) is 27.5. The van der Waals surface area contributed by atoms with Gasteiger partial charge < -0.3 is 9.80 Å². The molecule has 71 heavy (non-hydrogen) atoms. The van der Waals surface area contributed by atoms with Gasteiger partial charge in [-0.1, -0.05) is 211 Å². The van der Waals surface area contributed by atoms with Gasteiger partial charge in [-0.15, -0.1) is 0 Å². The van der Waals surface area contributed by atoms with E-state index in [4.69, 9.17) is 0 Å². The summed E-state index contributed by atoms with van der Waals surface area (Å²) in [6, 6.07) is 96.6. The Morgan fingerprint density at radius 1 is 0.239 bits per heavy atom.